The second-order valence-electron chi connectivity index (χ2n) is 4.54. The molecular weight excluding hydrogens is 315 g/mol. The van der Waals surface area contributed by atoms with E-state index >= 15 is 0 Å². The molecule has 4 nitrogen and oxygen atoms in total. The summed E-state index contributed by atoms with van der Waals surface area (Å²) in [5.74, 6) is -1.45. The van der Waals surface area contributed by atoms with Gasteiger partial charge in [0.25, 0.3) is 0 Å². The van der Waals surface area contributed by atoms with Gasteiger partial charge in [-0.05, 0) is 34.0 Å². The lowest BCUT2D eigenvalue weighted by Gasteiger charge is -2.25. The molecule has 1 aromatic rings. The highest BCUT2D eigenvalue weighted by Gasteiger charge is 2.19. The van der Waals surface area contributed by atoms with E-state index in [0.29, 0.717) is 6.54 Å². The molecule has 1 rings (SSSR count). The molecule has 6 heteroatoms. The quantitative estimate of drug-likeness (QED) is 0.902. The van der Waals surface area contributed by atoms with Crippen molar-refractivity contribution in [1.29, 1.82) is 5.26 Å². The predicted octanol–water partition coefficient (Wildman–Crippen LogP) is 3.01. The summed E-state index contributed by atoms with van der Waals surface area (Å²) >= 11 is 3.02. The van der Waals surface area contributed by atoms with E-state index in [2.05, 4.69) is 15.9 Å². The van der Waals surface area contributed by atoms with Crippen LogP contribution in [0, 0.1) is 23.1 Å². The van der Waals surface area contributed by atoms with E-state index in [0.717, 1.165) is 0 Å². The zero-order valence-corrected chi connectivity index (χ0v) is 12.2. The van der Waals surface area contributed by atoms with Gasteiger partial charge < -0.3 is 10.0 Å². The van der Waals surface area contributed by atoms with E-state index in [4.69, 9.17) is 10.4 Å². The Bertz CT molecular complexity index is 526. The van der Waals surface area contributed by atoms with Crippen LogP contribution < -0.4 is 4.90 Å². The van der Waals surface area contributed by atoms with Crippen LogP contribution in [0.1, 0.15) is 19.4 Å². The number of nitrogens with zero attached hydrogens (tertiary/aromatic N) is 2. The lowest BCUT2D eigenvalue weighted by Crippen LogP contribution is -2.33. The number of nitriles is 1. The summed E-state index contributed by atoms with van der Waals surface area (Å²) in [6, 6.07) is 4.77. The fraction of sp³-hybridized carbons (Fsp3) is 0.385. The first-order chi connectivity index (χ1) is 8.86. The molecule has 1 aromatic carbocycles. The fourth-order valence-corrected chi connectivity index (χ4v) is 2.15. The summed E-state index contributed by atoms with van der Waals surface area (Å²) in [5.41, 5.74) is 0.364. The number of hydrogen-bond acceptors (Lipinski definition) is 3. The standard InChI is InChI=1S/C13H14BrFN2O2/c1-8(2)6-17(7-11(18)19)10-4-3-9(5-16)12(14)13(10)15/h3-4,8H,6-7H2,1-2H3,(H,18,19). The van der Waals surface area contributed by atoms with Crippen molar-refractivity contribution >= 4 is 27.6 Å². The number of carbonyl (C=O) groups is 1. The Morgan fingerprint density at radius 1 is 1.58 bits per heavy atom. The maximum Gasteiger partial charge on any atom is 0.323 e. The molecule has 0 unspecified atom stereocenters. The van der Waals surface area contributed by atoms with Crippen molar-refractivity contribution in [1.82, 2.24) is 0 Å². The van der Waals surface area contributed by atoms with Crippen molar-refractivity contribution in [3.05, 3.63) is 28.0 Å². The lowest BCUT2D eigenvalue weighted by atomic mass is 10.1. The smallest absolute Gasteiger partial charge is 0.323 e. The minimum Gasteiger partial charge on any atom is -0.480 e. The van der Waals surface area contributed by atoms with Gasteiger partial charge in [0.2, 0.25) is 0 Å². The first kappa shape index (κ1) is 15.4. The topological polar surface area (TPSA) is 64.3 Å². The van der Waals surface area contributed by atoms with Crippen molar-refractivity contribution in [2.75, 3.05) is 18.0 Å². The molecule has 0 atom stereocenters. The molecular formula is C13H14BrFN2O2. The van der Waals surface area contributed by atoms with Crippen LogP contribution in [-0.2, 0) is 4.79 Å². The summed E-state index contributed by atoms with van der Waals surface area (Å²) in [6.07, 6.45) is 0. The van der Waals surface area contributed by atoms with E-state index in [9.17, 15) is 9.18 Å². The van der Waals surface area contributed by atoms with Crippen molar-refractivity contribution in [3.63, 3.8) is 0 Å². The van der Waals surface area contributed by atoms with Crippen LogP contribution in [0.4, 0.5) is 10.1 Å². The van der Waals surface area contributed by atoms with Gasteiger partial charge in [-0.1, -0.05) is 13.8 Å². The van der Waals surface area contributed by atoms with Gasteiger partial charge in [0.1, 0.15) is 12.6 Å². The molecule has 0 aliphatic heterocycles. The normalized spacial score (nSPS) is 10.3. The Balaban J connectivity index is 3.19. The molecule has 0 aromatic heterocycles. The maximum atomic E-state index is 14.2. The Hall–Kier alpha value is -1.61. The number of carboxylic acids is 1. The highest BCUT2D eigenvalue weighted by molar-refractivity contribution is 9.10. The Kier molecular flexibility index (Phi) is 5.31. The van der Waals surface area contributed by atoms with Crippen molar-refractivity contribution in [2.24, 2.45) is 5.92 Å². The minimum atomic E-state index is -1.03. The van der Waals surface area contributed by atoms with Crippen LogP contribution in [0.3, 0.4) is 0 Å². The monoisotopic (exact) mass is 328 g/mol. The first-order valence-corrected chi connectivity index (χ1v) is 6.51. The van der Waals surface area contributed by atoms with Crippen LogP contribution >= 0.6 is 15.9 Å². The summed E-state index contributed by atoms with van der Waals surface area (Å²) < 4.78 is 14.2. The average molecular weight is 329 g/mol. The largest absolute Gasteiger partial charge is 0.480 e. The molecule has 0 spiro atoms. The van der Waals surface area contributed by atoms with Gasteiger partial charge >= 0.3 is 5.97 Å². The number of rotatable bonds is 5. The number of carboxylic acid groups (broad SMARTS) is 1. The van der Waals surface area contributed by atoms with Crippen LogP contribution in [0.2, 0.25) is 0 Å². The van der Waals surface area contributed by atoms with Crippen molar-refractivity contribution in [3.8, 4) is 6.07 Å². The van der Waals surface area contributed by atoms with Gasteiger partial charge in [-0.25, -0.2) is 4.39 Å². The Labute approximate surface area is 119 Å². The molecule has 19 heavy (non-hydrogen) atoms. The Morgan fingerprint density at radius 3 is 2.68 bits per heavy atom. The summed E-state index contributed by atoms with van der Waals surface area (Å²) in [7, 11) is 0. The average Bonchev–Trinajstić information content (AvgIpc) is 2.30. The molecule has 102 valence electrons. The Morgan fingerprint density at radius 2 is 2.21 bits per heavy atom. The predicted molar refractivity (Wildman–Crippen MR) is 73.5 cm³/mol. The number of aliphatic carboxylic acids is 1. The number of hydrogen-bond donors (Lipinski definition) is 1. The zero-order valence-electron chi connectivity index (χ0n) is 10.7. The molecule has 0 aliphatic rings. The first-order valence-electron chi connectivity index (χ1n) is 5.71. The molecule has 0 heterocycles. The minimum absolute atomic E-state index is 0.0617. The third-order valence-electron chi connectivity index (χ3n) is 2.43. The summed E-state index contributed by atoms with van der Waals surface area (Å²) in [5, 5.41) is 17.7. The highest BCUT2D eigenvalue weighted by atomic mass is 79.9. The molecule has 0 radical (unpaired) electrons. The van der Waals surface area contributed by atoms with Gasteiger partial charge in [-0.15, -0.1) is 0 Å². The summed E-state index contributed by atoms with van der Waals surface area (Å²) in [4.78, 5) is 12.3. The van der Waals surface area contributed by atoms with E-state index in [1.807, 2.05) is 19.9 Å². The van der Waals surface area contributed by atoms with Gasteiger partial charge in [-0.3, -0.25) is 4.79 Å². The van der Waals surface area contributed by atoms with Crippen molar-refractivity contribution < 1.29 is 14.3 Å². The molecule has 0 amide bonds. The van der Waals surface area contributed by atoms with Crippen LogP contribution in [0.15, 0.2) is 16.6 Å². The molecule has 0 aliphatic carbocycles. The van der Waals surface area contributed by atoms with Crippen LogP contribution in [-0.4, -0.2) is 24.2 Å². The van der Waals surface area contributed by atoms with Crippen molar-refractivity contribution in [2.45, 2.75) is 13.8 Å². The third kappa shape index (κ3) is 3.93. The number of benzene rings is 1. The van der Waals surface area contributed by atoms with E-state index < -0.39 is 11.8 Å². The van der Waals surface area contributed by atoms with Crippen LogP contribution in [0.5, 0.6) is 0 Å². The van der Waals surface area contributed by atoms with E-state index in [1.54, 1.807) is 0 Å². The van der Waals surface area contributed by atoms with Gasteiger partial charge in [-0.2, -0.15) is 5.26 Å². The second kappa shape index (κ2) is 6.53. The highest BCUT2D eigenvalue weighted by Crippen LogP contribution is 2.29. The molecule has 0 fully saturated rings. The maximum absolute atomic E-state index is 14.2. The van der Waals surface area contributed by atoms with Gasteiger partial charge in [0, 0.05) is 6.54 Å². The zero-order chi connectivity index (χ0) is 14.6. The molecule has 0 saturated heterocycles. The van der Waals surface area contributed by atoms with Gasteiger partial charge in [0.05, 0.1) is 15.7 Å². The van der Waals surface area contributed by atoms with Gasteiger partial charge in [0.15, 0.2) is 5.82 Å². The lowest BCUT2D eigenvalue weighted by molar-refractivity contribution is -0.135. The molecule has 1 N–H and O–H groups in total. The summed E-state index contributed by atoms with van der Waals surface area (Å²) in [6.45, 7) is 3.98. The third-order valence-corrected chi connectivity index (χ3v) is 3.21. The number of anilines is 1. The molecule has 0 bridgehead atoms. The SMILES string of the molecule is CC(C)CN(CC(=O)O)c1ccc(C#N)c(Br)c1F. The van der Waals surface area contributed by atoms with E-state index in [1.165, 1.54) is 17.0 Å². The fourth-order valence-electron chi connectivity index (χ4n) is 1.72. The second-order valence-corrected chi connectivity index (χ2v) is 5.33. The molecule has 0 saturated carbocycles. The number of halogens is 2. The van der Waals surface area contributed by atoms with Crippen LogP contribution in [0.25, 0.3) is 0 Å². The van der Waals surface area contributed by atoms with E-state index in [-0.39, 0.29) is 28.2 Å².